The number of anilines is 1. The summed E-state index contributed by atoms with van der Waals surface area (Å²) in [6.07, 6.45) is 0. The zero-order chi connectivity index (χ0) is 12.3. The number of benzene rings is 1. The van der Waals surface area contributed by atoms with E-state index < -0.39 is 0 Å². The van der Waals surface area contributed by atoms with Crippen molar-refractivity contribution in [1.29, 1.82) is 0 Å². The highest BCUT2D eigenvalue weighted by Gasteiger charge is 2.15. The van der Waals surface area contributed by atoms with Gasteiger partial charge < -0.3 is 4.90 Å². The van der Waals surface area contributed by atoms with Gasteiger partial charge in [0.2, 0.25) is 0 Å². The van der Waals surface area contributed by atoms with E-state index in [2.05, 4.69) is 54.7 Å². The normalized spacial score (nSPS) is 11.6. The fourth-order valence-electron chi connectivity index (χ4n) is 1.83. The Morgan fingerprint density at radius 1 is 1.31 bits per heavy atom. The molecule has 0 N–H and O–H groups in total. The van der Waals surface area contributed by atoms with E-state index in [0.29, 0.717) is 0 Å². The molecule has 1 nitrogen and oxygen atoms in total. The van der Waals surface area contributed by atoms with Crippen molar-refractivity contribution in [2.45, 2.75) is 26.1 Å². The van der Waals surface area contributed by atoms with Gasteiger partial charge in [0.15, 0.2) is 0 Å². The molecule has 0 aliphatic heterocycles. The largest absolute Gasteiger partial charge is 0.374 e. The first kappa shape index (κ1) is 13.9. The lowest BCUT2D eigenvalue weighted by Crippen LogP contribution is -2.29. The molecule has 90 valence electrons. The van der Waals surface area contributed by atoms with Crippen LogP contribution in [0.25, 0.3) is 0 Å². The average Bonchev–Trinajstić information content (AvgIpc) is 2.14. The van der Waals surface area contributed by atoms with Gasteiger partial charge in [0.1, 0.15) is 0 Å². The molecular formula is C13H19BrClN. The van der Waals surface area contributed by atoms with Gasteiger partial charge in [-0.1, -0.05) is 48.3 Å². The Kier molecular flexibility index (Phi) is 4.69. The molecule has 0 amide bonds. The highest BCUT2D eigenvalue weighted by atomic mass is 79.9. The Labute approximate surface area is 112 Å². The zero-order valence-electron chi connectivity index (χ0n) is 10.3. The van der Waals surface area contributed by atoms with Crippen molar-refractivity contribution in [3.05, 3.63) is 28.8 Å². The van der Waals surface area contributed by atoms with Crippen molar-refractivity contribution in [2.24, 2.45) is 5.41 Å². The van der Waals surface area contributed by atoms with E-state index in [-0.39, 0.29) is 5.41 Å². The zero-order valence-corrected chi connectivity index (χ0v) is 12.7. The van der Waals surface area contributed by atoms with Gasteiger partial charge in [-0.2, -0.15) is 0 Å². The third-order valence-electron chi connectivity index (χ3n) is 2.31. The van der Waals surface area contributed by atoms with Crippen LogP contribution in [0.4, 0.5) is 5.69 Å². The quantitative estimate of drug-likeness (QED) is 0.731. The van der Waals surface area contributed by atoms with Crippen LogP contribution in [0.1, 0.15) is 26.3 Å². The maximum absolute atomic E-state index is 5.99. The van der Waals surface area contributed by atoms with Crippen LogP contribution in [0, 0.1) is 5.41 Å². The first-order chi connectivity index (χ1) is 7.33. The summed E-state index contributed by atoms with van der Waals surface area (Å²) in [4.78, 5) is 2.28. The molecule has 0 unspecified atom stereocenters. The van der Waals surface area contributed by atoms with Gasteiger partial charge >= 0.3 is 0 Å². The molecule has 1 rings (SSSR count). The summed E-state index contributed by atoms with van der Waals surface area (Å²) in [5.74, 6) is 0. The van der Waals surface area contributed by atoms with Crippen molar-refractivity contribution in [2.75, 3.05) is 18.5 Å². The van der Waals surface area contributed by atoms with Crippen LogP contribution in [-0.2, 0) is 5.33 Å². The van der Waals surface area contributed by atoms with Gasteiger partial charge in [0, 0.05) is 29.6 Å². The fourth-order valence-corrected chi connectivity index (χ4v) is 2.47. The highest BCUT2D eigenvalue weighted by Crippen LogP contribution is 2.27. The first-order valence-corrected chi connectivity index (χ1v) is 6.89. The van der Waals surface area contributed by atoms with Crippen LogP contribution in [-0.4, -0.2) is 13.6 Å². The molecule has 0 saturated heterocycles. The topological polar surface area (TPSA) is 3.24 Å². The summed E-state index contributed by atoms with van der Waals surface area (Å²) in [6, 6.07) is 6.05. The van der Waals surface area contributed by atoms with E-state index >= 15 is 0 Å². The van der Waals surface area contributed by atoms with E-state index in [4.69, 9.17) is 11.6 Å². The molecule has 0 saturated carbocycles. The van der Waals surface area contributed by atoms with Gasteiger partial charge in [0.05, 0.1) is 0 Å². The maximum atomic E-state index is 5.99. The van der Waals surface area contributed by atoms with E-state index in [1.165, 1.54) is 11.3 Å². The van der Waals surface area contributed by atoms with E-state index in [1.807, 2.05) is 12.1 Å². The molecule has 0 aliphatic carbocycles. The minimum absolute atomic E-state index is 0.290. The fraction of sp³-hybridized carbons (Fsp3) is 0.538. The molecular weight excluding hydrogens is 286 g/mol. The van der Waals surface area contributed by atoms with Crippen molar-refractivity contribution in [3.63, 3.8) is 0 Å². The van der Waals surface area contributed by atoms with E-state index in [9.17, 15) is 0 Å². The Hall–Kier alpha value is -0.210. The number of hydrogen-bond donors (Lipinski definition) is 0. The lowest BCUT2D eigenvalue weighted by atomic mass is 9.96. The second kappa shape index (κ2) is 5.42. The summed E-state index contributed by atoms with van der Waals surface area (Å²) in [5, 5.41) is 1.62. The monoisotopic (exact) mass is 303 g/mol. The number of hydrogen-bond acceptors (Lipinski definition) is 1. The Morgan fingerprint density at radius 2 is 1.94 bits per heavy atom. The molecule has 0 heterocycles. The molecule has 16 heavy (non-hydrogen) atoms. The van der Waals surface area contributed by atoms with Crippen LogP contribution >= 0.6 is 27.5 Å². The Bertz CT molecular complexity index is 357. The lowest BCUT2D eigenvalue weighted by molar-refractivity contribution is 0.419. The molecule has 0 aliphatic rings. The number of rotatable bonds is 3. The summed E-state index contributed by atoms with van der Waals surface area (Å²) in [5.41, 5.74) is 2.77. The van der Waals surface area contributed by atoms with Crippen molar-refractivity contribution < 1.29 is 0 Å². The molecule has 0 fully saturated rings. The minimum Gasteiger partial charge on any atom is -0.374 e. The van der Waals surface area contributed by atoms with E-state index in [1.54, 1.807) is 0 Å². The van der Waals surface area contributed by atoms with Crippen LogP contribution < -0.4 is 4.90 Å². The standard InChI is InChI=1S/C13H19BrClN/c1-13(2,3)9-16(4)12-6-5-11(15)7-10(12)8-14/h5-7H,8-9H2,1-4H3. The first-order valence-electron chi connectivity index (χ1n) is 5.39. The summed E-state index contributed by atoms with van der Waals surface area (Å²) >= 11 is 9.50. The second-order valence-corrected chi connectivity index (χ2v) is 6.32. The Morgan fingerprint density at radius 3 is 2.44 bits per heavy atom. The molecule has 1 aromatic carbocycles. The molecule has 0 atom stereocenters. The third kappa shape index (κ3) is 3.99. The predicted molar refractivity (Wildman–Crippen MR) is 76.8 cm³/mol. The molecule has 0 spiro atoms. The SMILES string of the molecule is CN(CC(C)(C)C)c1ccc(Cl)cc1CBr. The highest BCUT2D eigenvalue weighted by molar-refractivity contribution is 9.08. The lowest BCUT2D eigenvalue weighted by Gasteiger charge is -2.29. The molecule has 0 aromatic heterocycles. The van der Waals surface area contributed by atoms with Crippen LogP contribution in [0.2, 0.25) is 5.02 Å². The molecule has 1 aromatic rings. The second-order valence-electron chi connectivity index (χ2n) is 5.32. The molecule has 0 radical (unpaired) electrons. The molecule has 3 heteroatoms. The van der Waals surface area contributed by atoms with Gasteiger partial charge in [-0.3, -0.25) is 0 Å². The van der Waals surface area contributed by atoms with Gasteiger partial charge in [-0.15, -0.1) is 0 Å². The van der Waals surface area contributed by atoms with E-state index in [0.717, 1.165) is 16.9 Å². The molecule has 0 bridgehead atoms. The summed E-state index contributed by atoms with van der Waals surface area (Å²) in [7, 11) is 2.13. The smallest absolute Gasteiger partial charge is 0.0410 e. The van der Waals surface area contributed by atoms with Gasteiger partial charge in [0.25, 0.3) is 0 Å². The third-order valence-corrected chi connectivity index (χ3v) is 3.15. The van der Waals surface area contributed by atoms with Crippen molar-refractivity contribution in [3.8, 4) is 0 Å². The number of nitrogens with zero attached hydrogens (tertiary/aromatic N) is 1. The summed E-state index contributed by atoms with van der Waals surface area (Å²) in [6.45, 7) is 7.75. The van der Waals surface area contributed by atoms with Crippen LogP contribution in [0.15, 0.2) is 18.2 Å². The number of halogens is 2. The average molecular weight is 305 g/mol. The van der Waals surface area contributed by atoms with Crippen LogP contribution in [0.3, 0.4) is 0 Å². The maximum Gasteiger partial charge on any atom is 0.0410 e. The summed E-state index contributed by atoms with van der Waals surface area (Å²) < 4.78 is 0. The van der Waals surface area contributed by atoms with Crippen molar-refractivity contribution in [1.82, 2.24) is 0 Å². The van der Waals surface area contributed by atoms with Gasteiger partial charge in [-0.25, -0.2) is 0 Å². The predicted octanol–water partition coefficient (Wildman–Crippen LogP) is 4.72. The Balaban J connectivity index is 2.94. The van der Waals surface area contributed by atoms with Gasteiger partial charge in [-0.05, 0) is 29.2 Å². The number of alkyl halides is 1. The minimum atomic E-state index is 0.290. The van der Waals surface area contributed by atoms with Crippen molar-refractivity contribution >= 4 is 33.2 Å². The van der Waals surface area contributed by atoms with Crippen LogP contribution in [0.5, 0.6) is 0 Å².